The van der Waals surface area contributed by atoms with Gasteiger partial charge in [-0.25, -0.2) is 0 Å². The molecule has 1 saturated heterocycles. The lowest BCUT2D eigenvalue weighted by atomic mass is 9.95. The van der Waals surface area contributed by atoms with Gasteiger partial charge in [-0.2, -0.15) is 13.2 Å². The van der Waals surface area contributed by atoms with Crippen LogP contribution in [-0.2, 0) is 15.7 Å². The van der Waals surface area contributed by atoms with E-state index in [1.807, 2.05) is 19.9 Å². The number of hydrogen-bond acceptors (Lipinski definition) is 3. The van der Waals surface area contributed by atoms with E-state index in [1.165, 1.54) is 12.1 Å². The maximum atomic E-state index is 12.7. The molecule has 1 aliphatic heterocycles. The van der Waals surface area contributed by atoms with E-state index in [2.05, 4.69) is 0 Å². The average molecular weight is 366 g/mol. The van der Waals surface area contributed by atoms with Crippen LogP contribution in [0.3, 0.4) is 0 Å². The summed E-state index contributed by atoms with van der Waals surface area (Å²) in [6, 6.07) is 11.6. The fourth-order valence-electron chi connectivity index (χ4n) is 3.19. The smallest absolute Gasteiger partial charge is 0.384 e. The van der Waals surface area contributed by atoms with Crippen molar-refractivity contribution in [3.8, 4) is 0 Å². The van der Waals surface area contributed by atoms with Gasteiger partial charge in [-0.1, -0.05) is 36.4 Å². The Bertz CT molecular complexity index is 733. The molecule has 0 bridgehead atoms. The third kappa shape index (κ3) is 4.09. The van der Waals surface area contributed by atoms with E-state index in [0.717, 1.165) is 18.6 Å². The predicted molar refractivity (Wildman–Crippen MR) is 90.4 cm³/mol. The van der Waals surface area contributed by atoms with E-state index < -0.39 is 24.1 Å². The van der Waals surface area contributed by atoms with Gasteiger partial charge in [-0.15, -0.1) is 0 Å². The lowest BCUT2D eigenvalue weighted by Crippen LogP contribution is -2.31. The van der Waals surface area contributed by atoms with Crippen LogP contribution in [0.25, 0.3) is 0 Å². The van der Waals surface area contributed by atoms with Crippen molar-refractivity contribution in [2.75, 3.05) is 0 Å². The largest absolute Gasteiger partial charge is 0.416 e. The molecule has 1 N–H and O–H groups in total. The quantitative estimate of drug-likeness (QED) is 0.831. The Morgan fingerprint density at radius 1 is 0.962 bits per heavy atom. The van der Waals surface area contributed by atoms with Crippen molar-refractivity contribution in [3.05, 3.63) is 70.8 Å². The van der Waals surface area contributed by atoms with Crippen LogP contribution < -0.4 is 0 Å². The molecule has 2 aromatic carbocycles. The van der Waals surface area contributed by atoms with Crippen LogP contribution in [0, 0.1) is 0 Å². The third-order valence-electron chi connectivity index (χ3n) is 4.47. The number of halogens is 3. The molecule has 0 saturated carbocycles. The molecule has 3 rings (SSSR count). The number of aliphatic hydroxyl groups is 1. The molecule has 0 radical (unpaired) electrons. The molecule has 0 aliphatic carbocycles. The first kappa shape index (κ1) is 18.9. The van der Waals surface area contributed by atoms with Crippen LogP contribution in [0.5, 0.6) is 0 Å². The first-order valence-corrected chi connectivity index (χ1v) is 8.50. The van der Waals surface area contributed by atoms with Crippen LogP contribution in [0.1, 0.15) is 54.9 Å². The molecule has 6 heteroatoms. The van der Waals surface area contributed by atoms with Crippen LogP contribution in [-0.4, -0.2) is 17.3 Å². The molecule has 26 heavy (non-hydrogen) atoms. The van der Waals surface area contributed by atoms with Crippen molar-refractivity contribution in [2.45, 2.75) is 51.0 Å². The van der Waals surface area contributed by atoms with Gasteiger partial charge >= 0.3 is 6.18 Å². The summed E-state index contributed by atoms with van der Waals surface area (Å²) in [6.45, 7) is 3.92. The summed E-state index contributed by atoms with van der Waals surface area (Å²) in [5.41, 5.74) is 0.863. The fourth-order valence-corrected chi connectivity index (χ4v) is 3.19. The molecule has 2 aromatic rings. The maximum Gasteiger partial charge on any atom is 0.416 e. The zero-order chi connectivity index (χ0) is 18.9. The highest BCUT2D eigenvalue weighted by Crippen LogP contribution is 2.36. The minimum atomic E-state index is -4.41. The van der Waals surface area contributed by atoms with Crippen molar-refractivity contribution in [3.63, 3.8) is 0 Å². The Kier molecular flexibility index (Phi) is 5.37. The Balaban J connectivity index is 1.89. The number of hydrogen-bond donors (Lipinski definition) is 1. The van der Waals surface area contributed by atoms with E-state index in [-0.39, 0.29) is 12.2 Å². The number of aliphatic hydroxyl groups excluding tert-OH is 1. The van der Waals surface area contributed by atoms with Crippen LogP contribution in [0.4, 0.5) is 13.2 Å². The molecule has 0 amide bonds. The van der Waals surface area contributed by atoms with E-state index >= 15 is 0 Å². The second kappa shape index (κ2) is 7.39. The van der Waals surface area contributed by atoms with Gasteiger partial charge in [0, 0.05) is 5.56 Å². The molecule has 0 aromatic heterocycles. The van der Waals surface area contributed by atoms with Gasteiger partial charge in [0.05, 0.1) is 17.8 Å². The molecular formula is C20H21F3O3. The fraction of sp³-hybridized carbons (Fsp3) is 0.400. The van der Waals surface area contributed by atoms with Gasteiger partial charge in [-0.3, -0.25) is 0 Å². The molecule has 1 heterocycles. The van der Waals surface area contributed by atoms with Crippen molar-refractivity contribution in [1.82, 2.24) is 0 Å². The Morgan fingerprint density at radius 3 is 2.12 bits per heavy atom. The SMILES string of the molecule is C[C@@H]1C[C@@H](C)OC(c2ccccc2C(O)c2ccc(C(F)(F)F)cc2)O1. The van der Waals surface area contributed by atoms with Gasteiger partial charge in [0.1, 0.15) is 6.10 Å². The predicted octanol–water partition coefficient (Wildman–Crippen LogP) is 5.00. The molecule has 1 fully saturated rings. The van der Waals surface area contributed by atoms with Gasteiger partial charge in [0.25, 0.3) is 0 Å². The highest BCUT2D eigenvalue weighted by molar-refractivity contribution is 5.38. The second-order valence-corrected chi connectivity index (χ2v) is 6.61. The molecule has 0 spiro atoms. The van der Waals surface area contributed by atoms with E-state index in [1.54, 1.807) is 18.2 Å². The topological polar surface area (TPSA) is 38.7 Å². The lowest BCUT2D eigenvalue weighted by molar-refractivity contribution is -0.239. The van der Waals surface area contributed by atoms with Gasteiger partial charge in [0.15, 0.2) is 6.29 Å². The third-order valence-corrected chi connectivity index (χ3v) is 4.47. The Morgan fingerprint density at radius 2 is 1.54 bits per heavy atom. The highest BCUT2D eigenvalue weighted by atomic mass is 19.4. The first-order valence-electron chi connectivity index (χ1n) is 8.50. The summed E-state index contributed by atoms with van der Waals surface area (Å²) >= 11 is 0. The second-order valence-electron chi connectivity index (χ2n) is 6.61. The summed E-state index contributed by atoms with van der Waals surface area (Å²) in [6.07, 6.45) is -5.29. The summed E-state index contributed by atoms with van der Waals surface area (Å²) in [7, 11) is 0. The van der Waals surface area contributed by atoms with Crippen molar-refractivity contribution >= 4 is 0 Å². The van der Waals surface area contributed by atoms with E-state index in [0.29, 0.717) is 16.7 Å². The Labute approximate surface area is 150 Å². The molecule has 140 valence electrons. The number of alkyl halides is 3. The Hall–Kier alpha value is -1.89. The van der Waals surface area contributed by atoms with E-state index in [4.69, 9.17) is 9.47 Å². The van der Waals surface area contributed by atoms with Crippen LogP contribution in [0.2, 0.25) is 0 Å². The van der Waals surface area contributed by atoms with Crippen molar-refractivity contribution < 1.29 is 27.8 Å². The first-order chi connectivity index (χ1) is 12.3. The summed E-state index contributed by atoms with van der Waals surface area (Å²) in [5.74, 6) is 0. The molecule has 1 unspecified atom stereocenters. The highest BCUT2D eigenvalue weighted by Gasteiger charge is 2.31. The normalized spacial score (nSPS) is 25.1. The maximum absolute atomic E-state index is 12.7. The molecule has 1 aliphatic rings. The van der Waals surface area contributed by atoms with Crippen molar-refractivity contribution in [2.24, 2.45) is 0 Å². The van der Waals surface area contributed by atoms with Crippen LogP contribution in [0.15, 0.2) is 48.5 Å². The van der Waals surface area contributed by atoms with Gasteiger partial charge < -0.3 is 14.6 Å². The summed E-state index contributed by atoms with van der Waals surface area (Å²) in [4.78, 5) is 0. The molecule has 3 nitrogen and oxygen atoms in total. The summed E-state index contributed by atoms with van der Waals surface area (Å²) in [5, 5.41) is 10.7. The minimum Gasteiger partial charge on any atom is -0.384 e. The average Bonchev–Trinajstić information content (AvgIpc) is 2.59. The lowest BCUT2D eigenvalue weighted by Gasteiger charge is -2.34. The van der Waals surface area contributed by atoms with Crippen LogP contribution >= 0.6 is 0 Å². The van der Waals surface area contributed by atoms with Gasteiger partial charge in [0.2, 0.25) is 0 Å². The zero-order valence-electron chi connectivity index (χ0n) is 14.5. The monoisotopic (exact) mass is 366 g/mol. The molecular weight excluding hydrogens is 345 g/mol. The van der Waals surface area contributed by atoms with Gasteiger partial charge in [-0.05, 0) is 43.5 Å². The minimum absolute atomic E-state index is 0.0139. The zero-order valence-corrected chi connectivity index (χ0v) is 14.5. The standard InChI is InChI=1S/C20H21F3O3/c1-12-11-13(2)26-19(25-12)17-6-4-3-5-16(17)18(24)14-7-9-15(10-8-14)20(21,22)23/h3-10,12-13,18-19,24H,11H2,1-2H3/t12-,13-,18?/m1/s1. The van der Waals surface area contributed by atoms with Crippen molar-refractivity contribution in [1.29, 1.82) is 0 Å². The molecule has 3 atom stereocenters. The summed E-state index contributed by atoms with van der Waals surface area (Å²) < 4.78 is 49.9. The number of ether oxygens (including phenoxy) is 2. The number of benzene rings is 2. The van der Waals surface area contributed by atoms with E-state index in [9.17, 15) is 18.3 Å². The number of rotatable bonds is 3.